The van der Waals surface area contributed by atoms with Crippen LogP contribution in [0.1, 0.15) is 56.0 Å². The number of anilines is 1. The lowest BCUT2D eigenvalue weighted by molar-refractivity contribution is -0.146. The van der Waals surface area contributed by atoms with Gasteiger partial charge in [-0.25, -0.2) is 18.4 Å². The van der Waals surface area contributed by atoms with E-state index in [2.05, 4.69) is 0 Å². The predicted octanol–water partition coefficient (Wildman–Crippen LogP) is 4.71. The molecule has 2 aliphatic heterocycles. The van der Waals surface area contributed by atoms with Crippen LogP contribution in [-0.2, 0) is 14.2 Å². The van der Waals surface area contributed by atoms with Crippen molar-refractivity contribution in [1.82, 2.24) is 4.90 Å². The number of ether oxygens (including phenoxy) is 3. The van der Waals surface area contributed by atoms with Crippen molar-refractivity contribution in [2.75, 3.05) is 38.8 Å². The Hall–Kier alpha value is -2.68. The number of methoxy groups -OCH3 is 2. The number of benzene rings is 1. The molecule has 0 radical (unpaired) electrons. The molecule has 1 saturated carbocycles. The van der Waals surface area contributed by atoms with E-state index in [1.807, 2.05) is 11.0 Å². The summed E-state index contributed by atoms with van der Waals surface area (Å²) in [5, 5.41) is 0. The molecule has 1 aromatic carbocycles. The first kappa shape index (κ1) is 24.4. The van der Waals surface area contributed by atoms with E-state index >= 15 is 0 Å². The number of rotatable bonds is 4. The molecule has 0 unspecified atom stereocenters. The molecule has 1 aromatic rings. The van der Waals surface area contributed by atoms with Gasteiger partial charge in [0.05, 0.1) is 24.5 Å². The van der Waals surface area contributed by atoms with Crippen LogP contribution in [0.4, 0.5) is 19.3 Å². The maximum absolute atomic E-state index is 13.9. The third kappa shape index (κ3) is 4.76. The monoisotopic (exact) mass is 478 g/mol. The fourth-order valence-electron chi connectivity index (χ4n) is 4.92. The highest BCUT2D eigenvalue weighted by molar-refractivity contribution is 5.94. The topological polar surface area (TPSA) is 68.3 Å². The Morgan fingerprint density at radius 3 is 2.35 bits per heavy atom. The van der Waals surface area contributed by atoms with Gasteiger partial charge >= 0.3 is 12.1 Å². The van der Waals surface area contributed by atoms with E-state index in [1.165, 1.54) is 12.0 Å². The molecule has 1 spiro atoms. The van der Waals surface area contributed by atoms with Crippen LogP contribution >= 0.6 is 0 Å². The number of carbonyl (C=O) groups excluding carboxylic acids is 2. The predicted molar refractivity (Wildman–Crippen MR) is 123 cm³/mol. The summed E-state index contributed by atoms with van der Waals surface area (Å²) in [4.78, 5) is 28.9. The van der Waals surface area contributed by atoms with Crippen molar-refractivity contribution in [3.8, 4) is 0 Å². The summed E-state index contributed by atoms with van der Waals surface area (Å²) in [5.41, 5.74) is 0.929. The molecular weight excluding hydrogens is 446 g/mol. The number of halogens is 2. The van der Waals surface area contributed by atoms with Crippen LogP contribution in [0.3, 0.4) is 0 Å². The van der Waals surface area contributed by atoms with Gasteiger partial charge in [0, 0.05) is 56.3 Å². The van der Waals surface area contributed by atoms with E-state index in [4.69, 9.17) is 14.2 Å². The molecule has 0 aromatic heterocycles. The first-order chi connectivity index (χ1) is 15.9. The molecule has 0 bridgehead atoms. The van der Waals surface area contributed by atoms with Crippen LogP contribution in [0, 0.1) is 5.41 Å². The van der Waals surface area contributed by atoms with Gasteiger partial charge in [-0.15, -0.1) is 0 Å². The summed E-state index contributed by atoms with van der Waals surface area (Å²) < 4.78 is 43.7. The number of allylic oxidation sites excluding steroid dienone is 1. The molecule has 1 aliphatic carbocycles. The standard InChI is InChI=1S/C25H32F2N2O5/c1-23(2,3)34-22(31)29-9-8-24(14-25(26,27)15-24)11-20(29)18-7-6-16(21(30)33-5)10-19(18)28-12-17(13-28)32-4/h6-7,10-11,17H,8-9,12-15H2,1-5H3. The van der Waals surface area contributed by atoms with Crippen molar-refractivity contribution in [2.45, 2.75) is 57.7 Å². The minimum atomic E-state index is -2.70. The molecule has 2 fully saturated rings. The number of amides is 1. The van der Waals surface area contributed by atoms with Gasteiger partial charge in [0.25, 0.3) is 0 Å². The molecular formula is C25H32F2N2O5. The largest absolute Gasteiger partial charge is 0.465 e. The molecule has 4 rings (SSSR count). The van der Waals surface area contributed by atoms with Gasteiger partial charge in [-0.3, -0.25) is 4.90 Å². The molecule has 7 nitrogen and oxygen atoms in total. The van der Waals surface area contributed by atoms with Crippen LogP contribution in [0.2, 0.25) is 0 Å². The van der Waals surface area contributed by atoms with Crippen LogP contribution in [0.15, 0.2) is 24.3 Å². The van der Waals surface area contributed by atoms with Crippen LogP contribution < -0.4 is 4.90 Å². The molecule has 0 N–H and O–H groups in total. The molecule has 0 atom stereocenters. The Labute approximate surface area is 198 Å². The summed E-state index contributed by atoms with van der Waals surface area (Å²) >= 11 is 0. The van der Waals surface area contributed by atoms with Crippen LogP contribution in [-0.4, -0.2) is 68.4 Å². The van der Waals surface area contributed by atoms with Gasteiger partial charge in [0.1, 0.15) is 5.60 Å². The van der Waals surface area contributed by atoms with Crippen molar-refractivity contribution < 1.29 is 32.6 Å². The zero-order chi connectivity index (χ0) is 24.9. The average molecular weight is 479 g/mol. The summed E-state index contributed by atoms with van der Waals surface area (Å²) in [7, 11) is 2.96. The lowest BCUT2D eigenvalue weighted by Crippen LogP contribution is -2.53. The normalized spacial score (nSPS) is 21.4. The van der Waals surface area contributed by atoms with E-state index in [0.717, 1.165) is 5.69 Å². The first-order valence-electron chi connectivity index (χ1n) is 11.5. The fourth-order valence-corrected chi connectivity index (χ4v) is 4.92. The van der Waals surface area contributed by atoms with E-state index in [0.29, 0.717) is 36.3 Å². The molecule has 186 valence electrons. The second-order valence-corrected chi connectivity index (χ2v) is 10.5. The van der Waals surface area contributed by atoms with Gasteiger partial charge in [-0.1, -0.05) is 6.08 Å². The Morgan fingerprint density at radius 1 is 1.12 bits per heavy atom. The van der Waals surface area contributed by atoms with Crippen LogP contribution in [0.25, 0.3) is 5.70 Å². The summed E-state index contributed by atoms with van der Waals surface area (Å²) in [6.07, 6.45) is 1.29. The second kappa shape index (κ2) is 8.52. The highest BCUT2D eigenvalue weighted by Crippen LogP contribution is 2.58. The summed E-state index contributed by atoms with van der Waals surface area (Å²) in [6.45, 7) is 6.85. The molecule has 1 saturated heterocycles. The lowest BCUT2D eigenvalue weighted by Gasteiger charge is -2.50. The number of carbonyl (C=O) groups is 2. The third-order valence-electron chi connectivity index (χ3n) is 6.62. The Bertz CT molecular complexity index is 1000. The second-order valence-electron chi connectivity index (χ2n) is 10.5. The number of esters is 1. The van der Waals surface area contributed by atoms with Gasteiger partial charge in [0.15, 0.2) is 0 Å². The zero-order valence-electron chi connectivity index (χ0n) is 20.3. The van der Waals surface area contributed by atoms with Crippen molar-refractivity contribution >= 4 is 23.4 Å². The highest BCUT2D eigenvalue weighted by atomic mass is 19.3. The SMILES string of the molecule is COC(=O)c1ccc(C2=CC3(CCN2C(=O)OC(C)(C)C)CC(F)(F)C3)c(N2CC(OC)C2)c1. The highest BCUT2D eigenvalue weighted by Gasteiger charge is 2.57. The summed E-state index contributed by atoms with van der Waals surface area (Å²) in [5.74, 6) is -3.18. The van der Waals surface area contributed by atoms with E-state index in [1.54, 1.807) is 46.1 Å². The van der Waals surface area contributed by atoms with Gasteiger partial charge < -0.3 is 19.1 Å². The molecule has 1 amide bonds. The van der Waals surface area contributed by atoms with Crippen molar-refractivity contribution in [3.63, 3.8) is 0 Å². The Kier molecular flexibility index (Phi) is 6.12. The Morgan fingerprint density at radius 2 is 1.79 bits per heavy atom. The number of hydrogen-bond acceptors (Lipinski definition) is 6. The van der Waals surface area contributed by atoms with Crippen molar-refractivity contribution in [3.05, 3.63) is 35.4 Å². The van der Waals surface area contributed by atoms with Gasteiger partial charge in [-0.05, 0) is 45.4 Å². The minimum Gasteiger partial charge on any atom is -0.465 e. The first-order valence-corrected chi connectivity index (χ1v) is 11.5. The average Bonchev–Trinajstić information content (AvgIpc) is 2.69. The lowest BCUT2D eigenvalue weighted by atomic mass is 9.62. The smallest absolute Gasteiger partial charge is 0.414 e. The van der Waals surface area contributed by atoms with Gasteiger partial charge in [-0.2, -0.15) is 0 Å². The van der Waals surface area contributed by atoms with Crippen molar-refractivity contribution in [2.24, 2.45) is 5.41 Å². The van der Waals surface area contributed by atoms with E-state index in [-0.39, 0.29) is 25.5 Å². The minimum absolute atomic E-state index is 0.0496. The molecule has 2 heterocycles. The van der Waals surface area contributed by atoms with E-state index in [9.17, 15) is 18.4 Å². The van der Waals surface area contributed by atoms with E-state index < -0.39 is 29.0 Å². The zero-order valence-corrected chi connectivity index (χ0v) is 20.3. The fraction of sp³-hybridized carbons (Fsp3) is 0.600. The quantitative estimate of drug-likeness (QED) is 0.584. The maximum Gasteiger partial charge on any atom is 0.414 e. The Balaban J connectivity index is 1.78. The molecule has 3 aliphatic rings. The van der Waals surface area contributed by atoms with Crippen LogP contribution in [0.5, 0.6) is 0 Å². The van der Waals surface area contributed by atoms with Crippen molar-refractivity contribution in [1.29, 1.82) is 0 Å². The number of nitrogens with zero attached hydrogens (tertiary/aromatic N) is 2. The third-order valence-corrected chi connectivity index (χ3v) is 6.62. The van der Waals surface area contributed by atoms with Gasteiger partial charge in [0.2, 0.25) is 5.92 Å². The maximum atomic E-state index is 13.9. The molecule has 9 heteroatoms. The number of hydrogen-bond donors (Lipinski definition) is 0. The summed E-state index contributed by atoms with van der Waals surface area (Å²) in [6, 6.07) is 5.10. The number of alkyl halides is 2. The molecule has 34 heavy (non-hydrogen) atoms.